The third-order valence-corrected chi connectivity index (χ3v) is 3.89. The van der Waals surface area contributed by atoms with E-state index >= 15 is 0 Å². The molecular formula is C15H21ClN4O. The zero-order chi connectivity index (χ0) is 14.5. The second kappa shape index (κ2) is 5.31. The van der Waals surface area contributed by atoms with Gasteiger partial charge in [0.05, 0.1) is 17.1 Å². The molecule has 1 aromatic heterocycles. The molecule has 114 valence electrons. The number of hydrogen-bond donors (Lipinski definition) is 1. The fourth-order valence-electron chi connectivity index (χ4n) is 2.54. The van der Waals surface area contributed by atoms with E-state index in [2.05, 4.69) is 9.55 Å². The summed E-state index contributed by atoms with van der Waals surface area (Å²) >= 11 is 0. The number of hydrogen-bond acceptors (Lipinski definition) is 3. The minimum Gasteiger partial charge on any atom is -0.319 e. The second-order valence-electron chi connectivity index (χ2n) is 6.39. The Labute approximate surface area is 130 Å². The van der Waals surface area contributed by atoms with Crippen molar-refractivity contribution in [3.8, 4) is 0 Å². The summed E-state index contributed by atoms with van der Waals surface area (Å²) in [6.45, 7) is 7.37. The van der Waals surface area contributed by atoms with Crippen LogP contribution in [0.5, 0.6) is 0 Å². The molecule has 2 heterocycles. The van der Waals surface area contributed by atoms with E-state index in [4.69, 9.17) is 5.73 Å². The van der Waals surface area contributed by atoms with Crippen LogP contribution in [0.3, 0.4) is 0 Å². The highest BCUT2D eigenvalue weighted by Crippen LogP contribution is 2.29. The van der Waals surface area contributed by atoms with Gasteiger partial charge in [-0.15, -0.1) is 12.4 Å². The van der Waals surface area contributed by atoms with Gasteiger partial charge in [-0.25, -0.2) is 4.98 Å². The summed E-state index contributed by atoms with van der Waals surface area (Å²) in [5.41, 5.74) is 7.84. The van der Waals surface area contributed by atoms with Gasteiger partial charge in [-0.1, -0.05) is 32.9 Å². The summed E-state index contributed by atoms with van der Waals surface area (Å²) in [5.74, 6) is 0.669. The molecule has 2 N–H and O–H groups in total. The maximum Gasteiger partial charge on any atom is 0.246 e. The molecule has 21 heavy (non-hydrogen) atoms. The topological polar surface area (TPSA) is 64.2 Å². The normalized spacial score (nSPS) is 15.7. The fraction of sp³-hybridized carbons (Fsp3) is 0.467. The number of nitrogens with two attached hydrogens (primary N) is 1. The first-order chi connectivity index (χ1) is 9.39. The van der Waals surface area contributed by atoms with Crippen LogP contribution in [0.1, 0.15) is 20.8 Å². The summed E-state index contributed by atoms with van der Waals surface area (Å²) in [4.78, 5) is 18.9. The Balaban J connectivity index is 0.00000161. The molecular weight excluding hydrogens is 288 g/mol. The smallest absolute Gasteiger partial charge is 0.246 e. The number of para-hydroxylation sites is 2. The third kappa shape index (κ3) is 2.51. The van der Waals surface area contributed by atoms with E-state index in [1.807, 2.05) is 45.0 Å². The number of imidazole rings is 1. The largest absolute Gasteiger partial charge is 0.319 e. The van der Waals surface area contributed by atoms with E-state index in [9.17, 15) is 4.79 Å². The molecule has 1 aliphatic heterocycles. The first-order valence-electron chi connectivity index (χ1n) is 6.92. The van der Waals surface area contributed by atoms with E-state index < -0.39 is 6.04 Å². The Morgan fingerprint density at radius 1 is 1.29 bits per heavy atom. The minimum absolute atomic E-state index is 0. The number of benzene rings is 1. The average molecular weight is 309 g/mol. The number of halogens is 1. The highest BCUT2D eigenvalue weighted by Gasteiger charge is 2.36. The molecule has 0 bridgehead atoms. The van der Waals surface area contributed by atoms with Gasteiger partial charge >= 0.3 is 0 Å². The maximum absolute atomic E-state index is 12.6. The van der Waals surface area contributed by atoms with Gasteiger partial charge in [0.15, 0.2) is 0 Å². The quantitative estimate of drug-likeness (QED) is 0.878. The molecule has 0 radical (unpaired) electrons. The van der Waals surface area contributed by atoms with E-state index in [1.165, 1.54) is 0 Å². The zero-order valence-electron chi connectivity index (χ0n) is 12.5. The van der Waals surface area contributed by atoms with Crippen molar-refractivity contribution in [1.29, 1.82) is 0 Å². The molecule has 2 aromatic rings. The standard InChI is InChI=1S/C15H20N4O.ClH/c1-15(2,3)12(16)13(20)19-9-8-18-11-7-5-4-6-10(11)17-14(18)19;/h4-7,12H,8-9,16H2,1-3H3;1H/t12-;/m1./s1. The Hall–Kier alpha value is -1.59. The van der Waals surface area contributed by atoms with Gasteiger partial charge in [0.1, 0.15) is 0 Å². The number of carbonyl (C=O) groups excluding carboxylic acids is 1. The highest BCUT2D eigenvalue weighted by molar-refractivity contribution is 5.98. The third-order valence-electron chi connectivity index (χ3n) is 3.89. The molecule has 3 rings (SSSR count). The Bertz CT molecular complexity index is 674. The van der Waals surface area contributed by atoms with Crippen molar-refractivity contribution >= 4 is 35.3 Å². The summed E-state index contributed by atoms with van der Waals surface area (Å²) in [6.07, 6.45) is 0. The number of nitrogens with zero attached hydrogens (tertiary/aromatic N) is 3. The number of aromatic nitrogens is 2. The van der Waals surface area contributed by atoms with Crippen LogP contribution in [-0.4, -0.2) is 28.0 Å². The SMILES string of the molecule is CC(C)(C)[C@H](N)C(=O)N1CCn2c1nc1ccccc12.Cl. The lowest BCUT2D eigenvalue weighted by molar-refractivity contribution is -0.121. The molecule has 1 amide bonds. The van der Waals surface area contributed by atoms with Crippen LogP contribution in [0.25, 0.3) is 11.0 Å². The van der Waals surface area contributed by atoms with E-state index in [0.29, 0.717) is 6.54 Å². The van der Waals surface area contributed by atoms with Crippen molar-refractivity contribution in [3.05, 3.63) is 24.3 Å². The number of rotatable bonds is 1. The molecule has 0 saturated heterocycles. The number of carbonyl (C=O) groups is 1. The monoisotopic (exact) mass is 308 g/mol. The number of amides is 1. The van der Waals surface area contributed by atoms with Crippen LogP contribution < -0.4 is 10.6 Å². The predicted octanol–water partition coefficient (Wildman–Crippen LogP) is 2.18. The number of fused-ring (bicyclic) bond motifs is 3. The summed E-state index contributed by atoms with van der Waals surface area (Å²) in [7, 11) is 0. The summed E-state index contributed by atoms with van der Waals surface area (Å²) in [6, 6.07) is 7.42. The van der Waals surface area contributed by atoms with Crippen LogP contribution in [0.2, 0.25) is 0 Å². The van der Waals surface area contributed by atoms with E-state index in [0.717, 1.165) is 23.5 Å². The van der Waals surface area contributed by atoms with Gasteiger partial charge in [0.2, 0.25) is 11.9 Å². The van der Waals surface area contributed by atoms with Crippen molar-refractivity contribution in [2.45, 2.75) is 33.4 Å². The van der Waals surface area contributed by atoms with Gasteiger partial charge in [-0.2, -0.15) is 0 Å². The van der Waals surface area contributed by atoms with Gasteiger partial charge in [-0.05, 0) is 17.5 Å². The van der Waals surface area contributed by atoms with Crippen molar-refractivity contribution in [2.75, 3.05) is 11.4 Å². The van der Waals surface area contributed by atoms with Crippen molar-refractivity contribution < 1.29 is 4.79 Å². The van der Waals surface area contributed by atoms with Crippen LogP contribution >= 0.6 is 12.4 Å². The van der Waals surface area contributed by atoms with E-state index in [-0.39, 0.29) is 23.7 Å². The van der Waals surface area contributed by atoms with Crippen LogP contribution in [-0.2, 0) is 11.3 Å². The second-order valence-corrected chi connectivity index (χ2v) is 6.39. The molecule has 0 saturated carbocycles. The lowest BCUT2D eigenvalue weighted by atomic mass is 9.86. The molecule has 0 spiro atoms. The molecule has 0 unspecified atom stereocenters. The van der Waals surface area contributed by atoms with Crippen molar-refractivity contribution in [3.63, 3.8) is 0 Å². The van der Waals surface area contributed by atoms with E-state index in [1.54, 1.807) is 4.90 Å². The van der Waals surface area contributed by atoms with Crippen LogP contribution in [0, 0.1) is 5.41 Å². The average Bonchev–Trinajstić information content (AvgIpc) is 2.94. The van der Waals surface area contributed by atoms with Crippen molar-refractivity contribution in [2.24, 2.45) is 11.1 Å². The molecule has 1 aromatic carbocycles. The maximum atomic E-state index is 12.6. The summed E-state index contributed by atoms with van der Waals surface area (Å²) in [5, 5.41) is 0. The summed E-state index contributed by atoms with van der Waals surface area (Å²) < 4.78 is 2.09. The Kier molecular flexibility index (Phi) is 4.00. The van der Waals surface area contributed by atoms with Crippen LogP contribution in [0.15, 0.2) is 24.3 Å². The zero-order valence-corrected chi connectivity index (χ0v) is 13.4. The Morgan fingerprint density at radius 3 is 2.62 bits per heavy atom. The first-order valence-corrected chi connectivity index (χ1v) is 6.92. The van der Waals surface area contributed by atoms with Crippen LogP contribution in [0.4, 0.5) is 5.95 Å². The van der Waals surface area contributed by atoms with Gasteiger partial charge < -0.3 is 10.3 Å². The molecule has 1 atom stereocenters. The fourth-order valence-corrected chi connectivity index (χ4v) is 2.54. The minimum atomic E-state index is -0.520. The lowest BCUT2D eigenvalue weighted by Gasteiger charge is -2.28. The van der Waals surface area contributed by atoms with Gasteiger partial charge in [0, 0.05) is 13.1 Å². The predicted molar refractivity (Wildman–Crippen MR) is 86.8 cm³/mol. The lowest BCUT2D eigenvalue weighted by Crippen LogP contribution is -2.50. The Morgan fingerprint density at radius 2 is 1.95 bits per heavy atom. The molecule has 0 aliphatic carbocycles. The molecule has 5 nitrogen and oxygen atoms in total. The number of anilines is 1. The first kappa shape index (κ1) is 15.8. The molecule has 1 aliphatic rings. The molecule has 6 heteroatoms. The van der Waals surface area contributed by atoms with Gasteiger partial charge in [0.25, 0.3) is 0 Å². The van der Waals surface area contributed by atoms with Gasteiger partial charge in [-0.3, -0.25) is 9.69 Å². The highest BCUT2D eigenvalue weighted by atomic mass is 35.5. The van der Waals surface area contributed by atoms with Crippen molar-refractivity contribution in [1.82, 2.24) is 9.55 Å². The molecule has 0 fully saturated rings.